The fourth-order valence-corrected chi connectivity index (χ4v) is 1.77. The molecule has 2 aromatic rings. The summed E-state index contributed by atoms with van der Waals surface area (Å²) in [6.45, 7) is 0.663. The minimum Gasteiger partial charge on any atom is -0.378 e. The number of hydrogen-bond donors (Lipinski definition) is 1. The SMILES string of the molecule is Cn1nccc1CNc1cccc(Cl)c1Cl. The van der Waals surface area contributed by atoms with Crippen molar-refractivity contribution in [1.29, 1.82) is 0 Å². The molecule has 2 rings (SSSR count). The highest BCUT2D eigenvalue weighted by molar-refractivity contribution is 6.43. The lowest BCUT2D eigenvalue weighted by Crippen LogP contribution is -2.05. The molecule has 0 spiro atoms. The molecule has 84 valence electrons. The highest BCUT2D eigenvalue weighted by atomic mass is 35.5. The van der Waals surface area contributed by atoms with Gasteiger partial charge >= 0.3 is 0 Å². The van der Waals surface area contributed by atoms with Crippen LogP contribution in [0.25, 0.3) is 0 Å². The predicted molar refractivity (Wildman–Crippen MR) is 67.0 cm³/mol. The molecule has 3 nitrogen and oxygen atoms in total. The van der Waals surface area contributed by atoms with Crippen LogP contribution < -0.4 is 5.32 Å². The van der Waals surface area contributed by atoms with Gasteiger partial charge in [0.1, 0.15) is 0 Å². The van der Waals surface area contributed by atoms with E-state index in [2.05, 4.69) is 10.4 Å². The number of rotatable bonds is 3. The van der Waals surface area contributed by atoms with Crippen molar-refractivity contribution in [3.05, 3.63) is 46.2 Å². The maximum absolute atomic E-state index is 6.06. The van der Waals surface area contributed by atoms with Crippen LogP contribution in [-0.2, 0) is 13.6 Å². The lowest BCUT2D eigenvalue weighted by molar-refractivity contribution is 0.720. The van der Waals surface area contributed by atoms with Crippen molar-refractivity contribution < 1.29 is 0 Å². The van der Waals surface area contributed by atoms with Crippen LogP contribution in [-0.4, -0.2) is 9.78 Å². The molecule has 1 aromatic carbocycles. The van der Waals surface area contributed by atoms with E-state index in [9.17, 15) is 0 Å². The van der Waals surface area contributed by atoms with Crippen molar-refractivity contribution in [1.82, 2.24) is 9.78 Å². The molecule has 0 fully saturated rings. The molecule has 1 aromatic heterocycles. The van der Waals surface area contributed by atoms with Gasteiger partial charge in [-0.25, -0.2) is 0 Å². The summed E-state index contributed by atoms with van der Waals surface area (Å²) >= 11 is 12.0. The molecular formula is C11H11Cl2N3. The second-order valence-corrected chi connectivity index (χ2v) is 4.19. The van der Waals surface area contributed by atoms with Gasteiger partial charge in [0.05, 0.1) is 28.0 Å². The number of aromatic nitrogens is 2. The van der Waals surface area contributed by atoms with Crippen molar-refractivity contribution in [2.75, 3.05) is 5.32 Å². The second-order valence-electron chi connectivity index (χ2n) is 3.40. The number of benzene rings is 1. The number of nitrogens with one attached hydrogen (secondary N) is 1. The fourth-order valence-electron chi connectivity index (χ4n) is 1.40. The van der Waals surface area contributed by atoms with E-state index in [0.717, 1.165) is 11.4 Å². The zero-order chi connectivity index (χ0) is 11.5. The molecule has 0 aliphatic rings. The molecule has 0 bridgehead atoms. The van der Waals surface area contributed by atoms with Gasteiger partial charge in [-0.1, -0.05) is 29.3 Å². The lowest BCUT2D eigenvalue weighted by Gasteiger charge is -2.09. The van der Waals surface area contributed by atoms with Crippen LogP contribution in [0.2, 0.25) is 10.0 Å². The standard InChI is InChI=1S/C11H11Cl2N3/c1-16-8(5-6-15-16)7-14-10-4-2-3-9(12)11(10)13/h2-6,14H,7H2,1H3. The van der Waals surface area contributed by atoms with E-state index in [4.69, 9.17) is 23.2 Å². The van der Waals surface area contributed by atoms with Crippen LogP contribution in [0.4, 0.5) is 5.69 Å². The normalized spacial score (nSPS) is 10.4. The summed E-state index contributed by atoms with van der Waals surface area (Å²) in [6, 6.07) is 7.47. The van der Waals surface area contributed by atoms with E-state index in [1.54, 1.807) is 12.3 Å². The Morgan fingerprint density at radius 2 is 2.12 bits per heavy atom. The van der Waals surface area contributed by atoms with Gasteiger partial charge in [0.15, 0.2) is 0 Å². The first kappa shape index (κ1) is 11.3. The first-order chi connectivity index (χ1) is 7.68. The first-order valence-corrected chi connectivity index (χ1v) is 5.59. The average Bonchev–Trinajstić information content (AvgIpc) is 2.67. The van der Waals surface area contributed by atoms with Gasteiger partial charge in [0, 0.05) is 13.2 Å². The van der Waals surface area contributed by atoms with E-state index in [0.29, 0.717) is 16.6 Å². The van der Waals surface area contributed by atoms with Gasteiger partial charge in [-0.05, 0) is 18.2 Å². The Hall–Kier alpha value is -1.19. The van der Waals surface area contributed by atoms with Gasteiger partial charge in [-0.15, -0.1) is 0 Å². The topological polar surface area (TPSA) is 29.9 Å². The fraction of sp³-hybridized carbons (Fsp3) is 0.182. The van der Waals surface area contributed by atoms with Gasteiger partial charge in [0.25, 0.3) is 0 Å². The summed E-state index contributed by atoms with van der Waals surface area (Å²) in [4.78, 5) is 0. The molecule has 0 unspecified atom stereocenters. The molecule has 0 saturated heterocycles. The minimum atomic E-state index is 0.548. The molecule has 1 N–H and O–H groups in total. The van der Waals surface area contributed by atoms with Crippen molar-refractivity contribution in [2.24, 2.45) is 7.05 Å². The van der Waals surface area contributed by atoms with Crippen LogP contribution in [0.3, 0.4) is 0 Å². The second kappa shape index (κ2) is 4.76. The van der Waals surface area contributed by atoms with Crippen molar-refractivity contribution >= 4 is 28.9 Å². The van der Waals surface area contributed by atoms with E-state index in [1.165, 1.54) is 0 Å². The highest BCUT2D eigenvalue weighted by Gasteiger charge is 2.04. The number of anilines is 1. The Morgan fingerprint density at radius 3 is 2.81 bits per heavy atom. The van der Waals surface area contributed by atoms with Gasteiger partial charge < -0.3 is 5.32 Å². The molecule has 1 heterocycles. The summed E-state index contributed by atoms with van der Waals surface area (Å²) < 4.78 is 1.81. The number of nitrogens with zero attached hydrogens (tertiary/aromatic N) is 2. The van der Waals surface area contributed by atoms with Crippen molar-refractivity contribution in [3.8, 4) is 0 Å². The molecule has 5 heteroatoms. The lowest BCUT2D eigenvalue weighted by atomic mass is 10.3. The molecule has 0 atom stereocenters. The van der Waals surface area contributed by atoms with Crippen LogP contribution >= 0.6 is 23.2 Å². The summed E-state index contributed by atoms with van der Waals surface area (Å²) in [7, 11) is 1.90. The molecule has 16 heavy (non-hydrogen) atoms. The Bertz CT molecular complexity index is 494. The maximum atomic E-state index is 6.06. The summed E-state index contributed by atoms with van der Waals surface area (Å²) in [5.74, 6) is 0. The molecule has 0 saturated carbocycles. The monoisotopic (exact) mass is 255 g/mol. The van der Waals surface area contributed by atoms with Gasteiger partial charge in [-0.3, -0.25) is 4.68 Å². The number of hydrogen-bond acceptors (Lipinski definition) is 2. The van der Waals surface area contributed by atoms with E-state index >= 15 is 0 Å². The summed E-state index contributed by atoms with van der Waals surface area (Å²) in [5, 5.41) is 8.41. The third kappa shape index (κ3) is 2.31. The molecular weight excluding hydrogens is 245 g/mol. The van der Waals surface area contributed by atoms with E-state index in [1.807, 2.05) is 29.9 Å². The van der Waals surface area contributed by atoms with Gasteiger partial charge in [-0.2, -0.15) is 5.10 Å². The Morgan fingerprint density at radius 1 is 1.31 bits per heavy atom. The predicted octanol–water partition coefficient (Wildman–Crippen LogP) is 3.34. The van der Waals surface area contributed by atoms with Crippen molar-refractivity contribution in [2.45, 2.75) is 6.54 Å². The molecule has 0 radical (unpaired) electrons. The Balaban J connectivity index is 2.11. The molecule has 0 amide bonds. The van der Waals surface area contributed by atoms with Gasteiger partial charge in [0.2, 0.25) is 0 Å². The maximum Gasteiger partial charge on any atom is 0.0823 e. The third-order valence-electron chi connectivity index (χ3n) is 2.33. The van der Waals surface area contributed by atoms with Crippen LogP contribution in [0.1, 0.15) is 5.69 Å². The van der Waals surface area contributed by atoms with E-state index in [-0.39, 0.29) is 0 Å². The smallest absolute Gasteiger partial charge is 0.0823 e. The number of aryl methyl sites for hydroxylation is 1. The summed E-state index contributed by atoms with van der Waals surface area (Å²) in [5.41, 5.74) is 1.91. The van der Waals surface area contributed by atoms with Crippen molar-refractivity contribution in [3.63, 3.8) is 0 Å². The first-order valence-electron chi connectivity index (χ1n) is 4.83. The Labute approximate surface area is 104 Å². The summed E-state index contributed by atoms with van der Waals surface area (Å²) in [6.07, 6.45) is 1.76. The van der Waals surface area contributed by atoms with Crippen LogP contribution in [0.5, 0.6) is 0 Å². The molecule has 0 aliphatic heterocycles. The quantitative estimate of drug-likeness (QED) is 0.912. The highest BCUT2D eigenvalue weighted by Crippen LogP contribution is 2.29. The Kier molecular flexibility index (Phi) is 3.36. The zero-order valence-electron chi connectivity index (χ0n) is 8.74. The third-order valence-corrected chi connectivity index (χ3v) is 3.15. The van der Waals surface area contributed by atoms with Crippen LogP contribution in [0.15, 0.2) is 30.5 Å². The molecule has 0 aliphatic carbocycles. The largest absolute Gasteiger partial charge is 0.378 e. The van der Waals surface area contributed by atoms with E-state index < -0.39 is 0 Å². The zero-order valence-corrected chi connectivity index (χ0v) is 10.3. The minimum absolute atomic E-state index is 0.548. The van der Waals surface area contributed by atoms with Crippen LogP contribution in [0, 0.1) is 0 Å². The number of halogens is 2. The average molecular weight is 256 g/mol.